The first-order valence-electron chi connectivity index (χ1n) is 5.76. The lowest BCUT2D eigenvalue weighted by atomic mass is 10.1. The summed E-state index contributed by atoms with van der Waals surface area (Å²) in [5.41, 5.74) is 1.07. The Balaban J connectivity index is 2.72. The van der Waals surface area contributed by atoms with Crippen molar-refractivity contribution in [1.29, 1.82) is 0 Å². The van der Waals surface area contributed by atoms with E-state index in [1.807, 2.05) is 18.2 Å². The molecule has 1 aromatic rings. The molecule has 0 saturated carbocycles. The van der Waals surface area contributed by atoms with Gasteiger partial charge in [0.15, 0.2) is 0 Å². The maximum absolute atomic E-state index is 6.18. The zero-order chi connectivity index (χ0) is 12.1. The van der Waals surface area contributed by atoms with Gasteiger partial charge in [0.05, 0.1) is 10.0 Å². The van der Waals surface area contributed by atoms with E-state index in [1.54, 1.807) is 0 Å². The maximum atomic E-state index is 6.18. The lowest BCUT2D eigenvalue weighted by Crippen LogP contribution is -2.28. The lowest BCUT2D eigenvalue weighted by molar-refractivity contribution is 0.453. The van der Waals surface area contributed by atoms with E-state index in [2.05, 4.69) is 26.1 Å². The van der Waals surface area contributed by atoms with E-state index in [4.69, 9.17) is 23.2 Å². The first-order valence-corrected chi connectivity index (χ1v) is 6.51. The second kappa shape index (κ2) is 6.48. The monoisotopic (exact) mass is 259 g/mol. The van der Waals surface area contributed by atoms with Gasteiger partial charge in [-0.3, -0.25) is 0 Å². The van der Waals surface area contributed by atoms with Crippen LogP contribution < -0.4 is 5.32 Å². The van der Waals surface area contributed by atoms with Crippen LogP contribution in [0.5, 0.6) is 0 Å². The van der Waals surface area contributed by atoms with E-state index in [1.165, 1.54) is 12.8 Å². The maximum Gasteiger partial charge on any atom is 0.0639 e. The molecule has 1 rings (SSSR count). The highest BCUT2D eigenvalue weighted by molar-refractivity contribution is 6.42. The van der Waals surface area contributed by atoms with Gasteiger partial charge in [-0.25, -0.2) is 0 Å². The third-order valence-corrected chi connectivity index (χ3v) is 3.54. The number of benzene rings is 1. The summed E-state index contributed by atoms with van der Waals surface area (Å²) >= 11 is 12.2. The molecule has 0 aliphatic rings. The smallest absolute Gasteiger partial charge is 0.0639 e. The highest BCUT2D eigenvalue weighted by Crippen LogP contribution is 2.29. The Morgan fingerprint density at radius 2 is 1.94 bits per heavy atom. The molecule has 0 fully saturated rings. The fourth-order valence-electron chi connectivity index (χ4n) is 1.89. The van der Waals surface area contributed by atoms with Crippen molar-refractivity contribution < 1.29 is 0 Å². The zero-order valence-corrected chi connectivity index (χ0v) is 11.6. The lowest BCUT2D eigenvalue weighted by Gasteiger charge is -2.21. The average molecular weight is 260 g/mol. The third-order valence-electron chi connectivity index (χ3n) is 2.70. The van der Waals surface area contributed by atoms with E-state index < -0.39 is 0 Å². The normalized spacial score (nSPS) is 14.8. The van der Waals surface area contributed by atoms with E-state index in [0.717, 1.165) is 5.56 Å². The molecule has 1 nitrogen and oxygen atoms in total. The van der Waals surface area contributed by atoms with Crippen LogP contribution in [0.2, 0.25) is 10.0 Å². The Bertz CT molecular complexity index is 339. The summed E-state index contributed by atoms with van der Waals surface area (Å²) in [6.07, 6.45) is 2.35. The van der Waals surface area contributed by atoms with Crippen LogP contribution in [-0.2, 0) is 0 Å². The predicted octanol–water partition coefficient (Wildman–Crippen LogP) is 4.83. The molecule has 0 spiro atoms. The van der Waals surface area contributed by atoms with Crippen LogP contribution in [0.3, 0.4) is 0 Å². The summed E-state index contributed by atoms with van der Waals surface area (Å²) in [6.45, 7) is 6.50. The molecule has 0 radical (unpaired) electrons. The van der Waals surface area contributed by atoms with Crippen molar-refractivity contribution in [3.05, 3.63) is 33.8 Å². The molecule has 0 aliphatic carbocycles. The van der Waals surface area contributed by atoms with Gasteiger partial charge < -0.3 is 5.32 Å². The van der Waals surface area contributed by atoms with Crippen molar-refractivity contribution in [2.45, 2.75) is 45.7 Å². The molecule has 0 aliphatic heterocycles. The van der Waals surface area contributed by atoms with Gasteiger partial charge in [-0.15, -0.1) is 0 Å². The molecule has 0 amide bonds. The largest absolute Gasteiger partial charge is 0.308 e. The van der Waals surface area contributed by atoms with Gasteiger partial charge in [0, 0.05) is 12.1 Å². The Morgan fingerprint density at radius 3 is 2.56 bits per heavy atom. The Morgan fingerprint density at radius 1 is 1.25 bits per heavy atom. The van der Waals surface area contributed by atoms with E-state index in [-0.39, 0.29) is 6.04 Å². The van der Waals surface area contributed by atoms with E-state index in [9.17, 15) is 0 Å². The summed E-state index contributed by atoms with van der Waals surface area (Å²) in [5, 5.41) is 4.80. The van der Waals surface area contributed by atoms with Crippen LogP contribution in [0.25, 0.3) is 0 Å². The first kappa shape index (κ1) is 13.8. The molecular formula is C13H19Cl2N. The summed E-state index contributed by atoms with van der Waals surface area (Å²) in [6, 6.07) is 6.49. The van der Waals surface area contributed by atoms with Crippen molar-refractivity contribution >= 4 is 23.2 Å². The van der Waals surface area contributed by atoms with Crippen molar-refractivity contribution in [3.8, 4) is 0 Å². The molecule has 0 aromatic heterocycles. The summed E-state index contributed by atoms with van der Waals surface area (Å²) in [4.78, 5) is 0. The van der Waals surface area contributed by atoms with Crippen molar-refractivity contribution in [3.63, 3.8) is 0 Å². The molecule has 0 heterocycles. The SMILES string of the molecule is CCCC(C)NC(C)c1cccc(Cl)c1Cl. The minimum absolute atomic E-state index is 0.229. The van der Waals surface area contributed by atoms with Crippen LogP contribution in [0.1, 0.15) is 45.2 Å². The van der Waals surface area contributed by atoms with Crippen LogP contribution in [-0.4, -0.2) is 6.04 Å². The van der Waals surface area contributed by atoms with E-state index >= 15 is 0 Å². The van der Waals surface area contributed by atoms with Crippen LogP contribution in [0.15, 0.2) is 18.2 Å². The fourth-order valence-corrected chi connectivity index (χ4v) is 2.36. The van der Waals surface area contributed by atoms with Crippen molar-refractivity contribution in [2.75, 3.05) is 0 Å². The Hall–Kier alpha value is -0.240. The number of rotatable bonds is 5. The summed E-state index contributed by atoms with van der Waals surface area (Å²) in [7, 11) is 0. The highest BCUT2D eigenvalue weighted by Gasteiger charge is 2.13. The number of halogens is 2. The van der Waals surface area contributed by atoms with Crippen LogP contribution in [0, 0.1) is 0 Å². The quantitative estimate of drug-likeness (QED) is 0.799. The van der Waals surface area contributed by atoms with Gasteiger partial charge in [0.1, 0.15) is 0 Å². The van der Waals surface area contributed by atoms with Crippen molar-refractivity contribution in [2.24, 2.45) is 0 Å². The standard InChI is InChI=1S/C13H19Cl2N/c1-4-6-9(2)16-10(3)11-7-5-8-12(14)13(11)15/h5,7-10,16H,4,6H2,1-3H3. The zero-order valence-electron chi connectivity index (χ0n) is 10.1. The number of hydrogen-bond donors (Lipinski definition) is 1. The number of nitrogens with one attached hydrogen (secondary N) is 1. The molecule has 1 N–H and O–H groups in total. The molecule has 0 saturated heterocycles. The minimum Gasteiger partial charge on any atom is -0.308 e. The second-order valence-electron chi connectivity index (χ2n) is 4.22. The van der Waals surface area contributed by atoms with Gasteiger partial charge in [-0.1, -0.05) is 48.7 Å². The molecular weight excluding hydrogens is 241 g/mol. The van der Waals surface area contributed by atoms with Crippen LogP contribution >= 0.6 is 23.2 Å². The van der Waals surface area contributed by atoms with Gasteiger partial charge in [0.25, 0.3) is 0 Å². The molecule has 3 heteroatoms. The minimum atomic E-state index is 0.229. The van der Waals surface area contributed by atoms with Gasteiger partial charge in [-0.2, -0.15) is 0 Å². The van der Waals surface area contributed by atoms with Crippen LogP contribution in [0.4, 0.5) is 0 Å². The third kappa shape index (κ3) is 3.65. The van der Waals surface area contributed by atoms with Crippen molar-refractivity contribution in [1.82, 2.24) is 5.32 Å². The first-order chi connectivity index (χ1) is 7.56. The molecule has 90 valence electrons. The molecule has 0 bridgehead atoms. The highest BCUT2D eigenvalue weighted by atomic mass is 35.5. The molecule has 16 heavy (non-hydrogen) atoms. The van der Waals surface area contributed by atoms with E-state index in [0.29, 0.717) is 16.1 Å². The molecule has 2 unspecified atom stereocenters. The van der Waals surface area contributed by atoms with Gasteiger partial charge in [0.2, 0.25) is 0 Å². The Labute approximate surface area is 108 Å². The topological polar surface area (TPSA) is 12.0 Å². The fraction of sp³-hybridized carbons (Fsp3) is 0.538. The summed E-state index contributed by atoms with van der Waals surface area (Å²) < 4.78 is 0. The average Bonchev–Trinajstić information content (AvgIpc) is 2.22. The molecule has 2 atom stereocenters. The summed E-state index contributed by atoms with van der Waals surface area (Å²) in [5.74, 6) is 0. The van der Waals surface area contributed by atoms with Gasteiger partial charge in [-0.05, 0) is 31.9 Å². The van der Waals surface area contributed by atoms with Gasteiger partial charge >= 0.3 is 0 Å². The second-order valence-corrected chi connectivity index (χ2v) is 5.01. The predicted molar refractivity (Wildman–Crippen MR) is 72.4 cm³/mol. The Kier molecular flexibility index (Phi) is 5.60. The number of hydrogen-bond acceptors (Lipinski definition) is 1. The molecule has 1 aromatic carbocycles.